The van der Waals surface area contributed by atoms with Crippen molar-refractivity contribution in [3.05, 3.63) is 64.7 Å². The van der Waals surface area contributed by atoms with Crippen LogP contribution < -0.4 is 4.74 Å². The Morgan fingerprint density at radius 2 is 2.19 bits per heavy atom. The molecule has 9 heteroatoms. The molecule has 1 aromatic carbocycles. The molecule has 0 saturated heterocycles. The highest BCUT2D eigenvalue weighted by molar-refractivity contribution is 7.13. The summed E-state index contributed by atoms with van der Waals surface area (Å²) in [6.07, 6.45) is 3.19. The number of nitrogens with one attached hydrogen (secondary N) is 1. The van der Waals surface area contributed by atoms with E-state index in [1.807, 2.05) is 24.4 Å². The van der Waals surface area contributed by atoms with Crippen molar-refractivity contribution < 1.29 is 19.0 Å². The number of benzene rings is 1. The van der Waals surface area contributed by atoms with Gasteiger partial charge in [-0.05, 0) is 30.5 Å². The number of hydrogen-bond donors (Lipinski definition) is 2. The number of nitrogens with zero attached hydrogens (tertiary/aromatic N) is 3. The predicted octanol–water partition coefficient (Wildman–Crippen LogP) is 3.99. The molecule has 31 heavy (non-hydrogen) atoms. The molecule has 0 saturated carbocycles. The largest absolute Gasteiger partial charge is 0.493 e. The summed E-state index contributed by atoms with van der Waals surface area (Å²) < 4.78 is 20.7. The molecule has 3 heterocycles. The van der Waals surface area contributed by atoms with E-state index in [9.17, 15) is 9.90 Å². The normalized spacial score (nSPS) is 11.1. The van der Waals surface area contributed by atoms with Crippen LogP contribution in [0.1, 0.15) is 28.5 Å². The minimum absolute atomic E-state index is 0.199. The van der Waals surface area contributed by atoms with E-state index in [1.54, 1.807) is 25.5 Å². The second-order valence-corrected chi connectivity index (χ2v) is 7.90. The molecule has 4 aromatic rings. The molecular weight excluding hydrogens is 419 g/mol. The van der Waals surface area contributed by atoms with Gasteiger partial charge in [-0.1, -0.05) is 6.07 Å². The average Bonchev–Trinajstić information content (AvgIpc) is 3.46. The van der Waals surface area contributed by atoms with Gasteiger partial charge in [-0.2, -0.15) is 5.10 Å². The summed E-state index contributed by atoms with van der Waals surface area (Å²) in [6, 6.07) is 6.49. The predicted molar refractivity (Wildman–Crippen MR) is 116 cm³/mol. The third kappa shape index (κ3) is 4.01. The number of aliphatic hydroxyl groups excluding tert-OH is 1. The summed E-state index contributed by atoms with van der Waals surface area (Å²) in [5, 5.41) is 18.9. The topological polar surface area (TPSA) is 91.3 Å². The molecule has 2 N–H and O–H groups in total. The quantitative estimate of drug-likeness (QED) is 0.453. The Balaban J connectivity index is 1.64. The Hall–Kier alpha value is -3.30. The molecule has 0 bridgehead atoms. The highest BCUT2D eigenvalue weighted by Crippen LogP contribution is 2.37. The van der Waals surface area contributed by atoms with Gasteiger partial charge in [0, 0.05) is 41.2 Å². The summed E-state index contributed by atoms with van der Waals surface area (Å²) >= 11 is 1.41. The Morgan fingerprint density at radius 1 is 1.35 bits per heavy atom. The number of amides is 1. The fourth-order valence-electron chi connectivity index (χ4n) is 3.47. The zero-order valence-corrected chi connectivity index (χ0v) is 17.9. The van der Waals surface area contributed by atoms with Gasteiger partial charge in [-0.3, -0.25) is 14.9 Å². The van der Waals surface area contributed by atoms with E-state index in [1.165, 1.54) is 22.3 Å². The molecule has 0 aliphatic rings. The standard InChI is InChI=1S/C22H21FN4O3S/c1-3-30-18-8-13(7-16(23)20(18)19-5-4-6-31-19)22(29)27(2)11-14-9-24-17(12-28)15-10-25-26-21(14)15/h4-10,28H,3,11-12H2,1-2H3,(H,25,26). The molecule has 0 spiro atoms. The fourth-order valence-corrected chi connectivity index (χ4v) is 4.24. The van der Waals surface area contributed by atoms with Crippen LogP contribution in [0, 0.1) is 5.82 Å². The van der Waals surface area contributed by atoms with E-state index in [2.05, 4.69) is 15.2 Å². The Kier molecular flexibility index (Phi) is 5.97. The number of aliphatic hydroxyl groups is 1. The molecule has 3 aromatic heterocycles. The van der Waals surface area contributed by atoms with Crippen LogP contribution in [0.15, 0.2) is 42.0 Å². The molecule has 0 aliphatic carbocycles. The lowest BCUT2D eigenvalue weighted by atomic mass is 10.1. The van der Waals surface area contributed by atoms with Gasteiger partial charge in [0.15, 0.2) is 0 Å². The van der Waals surface area contributed by atoms with Crippen LogP contribution in [-0.4, -0.2) is 44.7 Å². The van der Waals surface area contributed by atoms with Crippen molar-refractivity contribution >= 4 is 28.1 Å². The van der Waals surface area contributed by atoms with Crippen LogP contribution in [0.25, 0.3) is 21.3 Å². The monoisotopic (exact) mass is 440 g/mol. The molecule has 7 nitrogen and oxygen atoms in total. The number of carbonyl (C=O) groups excluding carboxylic acids is 1. The van der Waals surface area contributed by atoms with E-state index in [-0.39, 0.29) is 24.6 Å². The highest BCUT2D eigenvalue weighted by atomic mass is 32.1. The molecule has 0 unspecified atom stereocenters. The van der Waals surface area contributed by atoms with E-state index < -0.39 is 5.82 Å². The van der Waals surface area contributed by atoms with Crippen LogP contribution in [0.5, 0.6) is 5.75 Å². The first-order chi connectivity index (χ1) is 15.0. The number of pyridine rings is 1. The van der Waals surface area contributed by atoms with Crippen LogP contribution in [0.3, 0.4) is 0 Å². The SMILES string of the molecule is CCOc1cc(C(=O)N(C)Cc2cnc(CO)c3cn[nH]c23)cc(F)c1-c1cccs1. The lowest BCUT2D eigenvalue weighted by molar-refractivity contribution is 0.0784. The Morgan fingerprint density at radius 3 is 2.90 bits per heavy atom. The van der Waals surface area contributed by atoms with Gasteiger partial charge >= 0.3 is 0 Å². The van der Waals surface area contributed by atoms with Gasteiger partial charge in [0.05, 0.1) is 36.2 Å². The Labute approximate surface area is 182 Å². The summed E-state index contributed by atoms with van der Waals surface area (Å²) in [5.41, 5.74) is 2.51. The van der Waals surface area contributed by atoms with E-state index >= 15 is 4.39 Å². The van der Waals surface area contributed by atoms with E-state index in [0.29, 0.717) is 34.5 Å². The number of carbonyl (C=O) groups is 1. The number of ether oxygens (including phenoxy) is 1. The molecule has 1 amide bonds. The first kappa shape index (κ1) is 21.0. The van der Waals surface area contributed by atoms with Crippen molar-refractivity contribution in [3.63, 3.8) is 0 Å². The van der Waals surface area contributed by atoms with E-state index in [4.69, 9.17) is 4.74 Å². The first-order valence-corrected chi connectivity index (χ1v) is 10.6. The van der Waals surface area contributed by atoms with Gasteiger partial charge in [0.25, 0.3) is 5.91 Å². The first-order valence-electron chi connectivity index (χ1n) is 9.69. The van der Waals surface area contributed by atoms with Crippen molar-refractivity contribution in [2.75, 3.05) is 13.7 Å². The third-order valence-corrected chi connectivity index (χ3v) is 5.81. The van der Waals surface area contributed by atoms with Gasteiger partial charge < -0.3 is 14.7 Å². The van der Waals surface area contributed by atoms with Crippen molar-refractivity contribution in [2.45, 2.75) is 20.1 Å². The smallest absolute Gasteiger partial charge is 0.254 e. The number of aromatic nitrogens is 3. The lowest BCUT2D eigenvalue weighted by Gasteiger charge is -2.19. The summed E-state index contributed by atoms with van der Waals surface area (Å²) in [5.74, 6) is -0.516. The highest BCUT2D eigenvalue weighted by Gasteiger charge is 2.21. The number of hydrogen-bond acceptors (Lipinski definition) is 6. The zero-order valence-electron chi connectivity index (χ0n) is 17.1. The lowest BCUT2D eigenvalue weighted by Crippen LogP contribution is -2.26. The minimum atomic E-state index is -0.505. The van der Waals surface area contributed by atoms with Crippen LogP contribution in [-0.2, 0) is 13.2 Å². The summed E-state index contributed by atoms with van der Waals surface area (Å²) in [4.78, 5) is 19.5. The number of aromatic amines is 1. The average molecular weight is 441 g/mol. The van der Waals surface area contributed by atoms with Crippen molar-refractivity contribution in [2.24, 2.45) is 0 Å². The second kappa shape index (κ2) is 8.83. The molecule has 160 valence electrons. The second-order valence-electron chi connectivity index (χ2n) is 6.95. The molecule has 0 aliphatic heterocycles. The van der Waals surface area contributed by atoms with Gasteiger partial charge in [0.2, 0.25) is 0 Å². The zero-order chi connectivity index (χ0) is 22.0. The van der Waals surface area contributed by atoms with Crippen LogP contribution in [0.4, 0.5) is 4.39 Å². The molecular formula is C22H21FN4O3S. The summed E-state index contributed by atoms with van der Waals surface area (Å²) in [6.45, 7) is 2.19. The molecule has 0 fully saturated rings. The van der Waals surface area contributed by atoms with E-state index in [0.717, 1.165) is 10.4 Å². The van der Waals surface area contributed by atoms with Crippen molar-refractivity contribution in [3.8, 4) is 16.2 Å². The van der Waals surface area contributed by atoms with Crippen LogP contribution in [0.2, 0.25) is 0 Å². The number of rotatable bonds is 7. The number of halogens is 1. The summed E-state index contributed by atoms with van der Waals surface area (Å²) in [7, 11) is 1.63. The van der Waals surface area contributed by atoms with Gasteiger partial charge in [-0.25, -0.2) is 4.39 Å². The molecule has 0 radical (unpaired) electrons. The van der Waals surface area contributed by atoms with Crippen molar-refractivity contribution in [1.82, 2.24) is 20.1 Å². The van der Waals surface area contributed by atoms with Crippen LogP contribution >= 0.6 is 11.3 Å². The minimum Gasteiger partial charge on any atom is -0.493 e. The maximum atomic E-state index is 15.0. The molecule has 0 atom stereocenters. The maximum absolute atomic E-state index is 15.0. The number of H-pyrrole nitrogens is 1. The Bertz CT molecular complexity index is 1220. The number of fused-ring (bicyclic) bond motifs is 1. The number of thiophene rings is 1. The van der Waals surface area contributed by atoms with Gasteiger partial charge in [0.1, 0.15) is 11.6 Å². The maximum Gasteiger partial charge on any atom is 0.254 e. The fraction of sp³-hybridized carbons (Fsp3) is 0.227. The van der Waals surface area contributed by atoms with Gasteiger partial charge in [-0.15, -0.1) is 11.3 Å². The third-order valence-electron chi connectivity index (χ3n) is 4.92. The molecule has 4 rings (SSSR count). The van der Waals surface area contributed by atoms with Crippen molar-refractivity contribution in [1.29, 1.82) is 0 Å².